The van der Waals surface area contributed by atoms with Crippen LogP contribution < -0.4 is 9.47 Å². The maximum Gasteiger partial charge on any atom is 0.169 e. The molecule has 0 bridgehead atoms. The van der Waals surface area contributed by atoms with Gasteiger partial charge in [-0.25, -0.2) is 0 Å². The van der Waals surface area contributed by atoms with Gasteiger partial charge in [-0.3, -0.25) is 4.79 Å². The molecule has 1 fully saturated rings. The fourth-order valence-corrected chi connectivity index (χ4v) is 2.56. The van der Waals surface area contributed by atoms with Crippen LogP contribution in [0.1, 0.15) is 29.6 Å². The maximum absolute atomic E-state index is 12.3. The molecule has 0 saturated carbocycles. The predicted molar refractivity (Wildman–Crippen MR) is 72.5 cm³/mol. The molecule has 1 aliphatic heterocycles. The zero-order valence-electron chi connectivity index (χ0n) is 11.1. The van der Waals surface area contributed by atoms with Crippen LogP contribution in [0.15, 0.2) is 12.1 Å². The summed E-state index contributed by atoms with van der Waals surface area (Å²) in [4.78, 5) is 12.3. The topological polar surface area (TPSA) is 44.8 Å². The Balaban J connectivity index is 2.23. The highest BCUT2D eigenvalue weighted by molar-refractivity contribution is 6.34. The molecule has 0 N–H and O–H groups in total. The third kappa shape index (κ3) is 3.01. The number of ketones is 1. The van der Waals surface area contributed by atoms with Gasteiger partial charge in [-0.15, -0.1) is 0 Å². The Hall–Kier alpha value is -1.26. The van der Waals surface area contributed by atoms with Crippen molar-refractivity contribution in [2.24, 2.45) is 0 Å². The van der Waals surface area contributed by atoms with E-state index in [4.69, 9.17) is 25.8 Å². The van der Waals surface area contributed by atoms with Crippen LogP contribution in [0.25, 0.3) is 0 Å². The largest absolute Gasteiger partial charge is 0.495 e. The van der Waals surface area contributed by atoms with E-state index >= 15 is 0 Å². The van der Waals surface area contributed by atoms with Crippen molar-refractivity contribution in [2.45, 2.75) is 25.4 Å². The van der Waals surface area contributed by atoms with Crippen molar-refractivity contribution in [3.05, 3.63) is 22.7 Å². The van der Waals surface area contributed by atoms with E-state index in [1.807, 2.05) is 0 Å². The first-order valence-electron chi connectivity index (χ1n) is 6.22. The smallest absolute Gasteiger partial charge is 0.169 e. The molecule has 1 saturated heterocycles. The summed E-state index contributed by atoms with van der Waals surface area (Å²) in [5.74, 6) is 0.837. The van der Waals surface area contributed by atoms with E-state index in [9.17, 15) is 4.79 Å². The Kier molecular flexibility index (Phi) is 4.66. The zero-order chi connectivity index (χ0) is 13.8. The average Bonchev–Trinajstić information content (AvgIpc) is 2.91. The summed E-state index contributed by atoms with van der Waals surface area (Å²) in [5.41, 5.74) is 0.476. The molecule has 0 radical (unpaired) electrons. The van der Waals surface area contributed by atoms with Gasteiger partial charge >= 0.3 is 0 Å². The number of halogens is 1. The molecule has 5 heteroatoms. The molecule has 1 unspecified atom stereocenters. The lowest BCUT2D eigenvalue weighted by Gasteiger charge is -2.14. The van der Waals surface area contributed by atoms with Gasteiger partial charge in [0.15, 0.2) is 11.5 Å². The molecule has 104 valence electrons. The molecule has 0 aromatic heterocycles. The number of rotatable bonds is 5. The van der Waals surface area contributed by atoms with E-state index in [0.717, 1.165) is 19.4 Å². The monoisotopic (exact) mass is 284 g/mol. The van der Waals surface area contributed by atoms with Crippen molar-refractivity contribution >= 4 is 17.4 Å². The maximum atomic E-state index is 12.3. The van der Waals surface area contributed by atoms with E-state index < -0.39 is 0 Å². The van der Waals surface area contributed by atoms with Crippen molar-refractivity contribution in [1.82, 2.24) is 0 Å². The lowest BCUT2D eigenvalue weighted by Crippen LogP contribution is -2.13. The Bertz CT molecular complexity index is 467. The number of methoxy groups -OCH3 is 2. The van der Waals surface area contributed by atoms with Crippen LogP contribution in [0.2, 0.25) is 5.02 Å². The second-order valence-corrected chi connectivity index (χ2v) is 4.80. The second-order valence-electron chi connectivity index (χ2n) is 4.42. The summed E-state index contributed by atoms with van der Waals surface area (Å²) in [5, 5.41) is 0.322. The van der Waals surface area contributed by atoms with Gasteiger partial charge in [-0.1, -0.05) is 11.6 Å². The fraction of sp³-hybridized carbons (Fsp3) is 0.500. The third-order valence-corrected chi connectivity index (χ3v) is 3.58. The highest BCUT2D eigenvalue weighted by atomic mass is 35.5. The Labute approximate surface area is 117 Å². The number of carbonyl (C=O) groups is 1. The number of Topliss-reactive ketones (excluding diaryl/α,β-unsaturated/α-hetero) is 1. The molecule has 19 heavy (non-hydrogen) atoms. The molecule has 4 nitrogen and oxygen atoms in total. The Morgan fingerprint density at radius 3 is 2.79 bits per heavy atom. The molecule has 1 heterocycles. The second kappa shape index (κ2) is 6.26. The zero-order valence-corrected chi connectivity index (χ0v) is 11.8. The van der Waals surface area contributed by atoms with Crippen LogP contribution in [-0.4, -0.2) is 32.7 Å². The molecule has 0 spiro atoms. The van der Waals surface area contributed by atoms with Crippen LogP contribution in [-0.2, 0) is 4.74 Å². The van der Waals surface area contributed by atoms with Crippen LogP contribution >= 0.6 is 11.6 Å². The summed E-state index contributed by atoms with van der Waals surface area (Å²) >= 11 is 6.14. The van der Waals surface area contributed by atoms with Gasteiger partial charge < -0.3 is 14.2 Å². The average molecular weight is 285 g/mol. The molecule has 2 rings (SSSR count). The molecule has 0 aliphatic carbocycles. The van der Waals surface area contributed by atoms with Crippen LogP contribution in [0.5, 0.6) is 11.5 Å². The van der Waals surface area contributed by atoms with Crippen molar-refractivity contribution in [3.63, 3.8) is 0 Å². The third-order valence-electron chi connectivity index (χ3n) is 3.22. The van der Waals surface area contributed by atoms with Gasteiger partial charge in [-0.2, -0.15) is 0 Å². The minimum Gasteiger partial charge on any atom is -0.495 e. The summed E-state index contributed by atoms with van der Waals surface area (Å²) in [7, 11) is 3.01. The quantitative estimate of drug-likeness (QED) is 0.780. The Morgan fingerprint density at radius 1 is 1.42 bits per heavy atom. The van der Waals surface area contributed by atoms with E-state index in [2.05, 4.69) is 0 Å². The van der Waals surface area contributed by atoms with Gasteiger partial charge in [0.1, 0.15) is 10.8 Å². The van der Waals surface area contributed by atoms with Crippen LogP contribution in [0, 0.1) is 0 Å². The summed E-state index contributed by atoms with van der Waals surface area (Å²) in [6.07, 6.45) is 2.31. The number of carbonyl (C=O) groups excluding carboxylic acids is 1. The highest BCUT2D eigenvalue weighted by Gasteiger charge is 2.24. The van der Waals surface area contributed by atoms with E-state index in [1.54, 1.807) is 12.1 Å². The number of hydrogen-bond donors (Lipinski definition) is 0. The summed E-state index contributed by atoms with van der Waals surface area (Å²) in [6, 6.07) is 3.36. The van der Waals surface area contributed by atoms with Crippen molar-refractivity contribution < 1.29 is 19.0 Å². The van der Waals surface area contributed by atoms with Gasteiger partial charge in [0.05, 0.1) is 25.9 Å². The minimum absolute atomic E-state index is 0.0121. The van der Waals surface area contributed by atoms with Crippen molar-refractivity contribution in [3.8, 4) is 11.5 Å². The van der Waals surface area contributed by atoms with E-state index in [1.165, 1.54) is 14.2 Å². The van der Waals surface area contributed by atoms with Crippen LogP contribution in [0.3, 0.4) is 0 Å². The predicted octanol–water partition coefficient (Wildman–Crippen LogP) is 3.11. The van der Waals surface area contributed by atoms with Gasteiger partial charge in [0.2, 0.25) is 0 Å². The van der Waals surface area contributed by atoms with E-state index in [-0.39, 0.29) is 11.9 Å². The molecule has 1 atom stereocenters. The number of benzene rings is 1. The van der Waals surface area contributed by atoms with E-state index in [0.29, 0.717) is 28.5 Å². The first-order valence-corrected chi connectivity index (χ1v) is 6.60. The standard InChI is InChI=1S/C14H17ClO4/c1-17-12-6-5-10(14(18-2)13(12)15)11(16)8-9-4-3-7-19-9/h5-6,9H,3-4,7-8H2,1-2H3. The minimum atomic E-state index is -0.0201. The normalized spacial score (nSPS) is 18.4. The fourth-order valence-electron chi connectivity index (χ4n) is 2.24. The van der Waals surface area contributed by atoms with Crippen molar-refractivity contribution in [1.29, 1.82) is 0 Å². The van der Waals surface area contributed by atoms with Gasteiger partial charge in [-0.05, 0) is 25.0 Å². The molecule has 1 aromatic rings. The first kappa shape index (κ1) is 14.2. The van der Waals surface area contributed by atoms with Crippen LogP contribution in [0.4, 0.5) is 0 Å². The van der Waals surface area contributed by atoms with Crippen molar-refractivity contribution in [2.75, 3.05) is 20.8 Å². The molecular weight excluding hydrogens is 268 g/mol. The lowest BCUT2D eigenvalue weighted by atomic mass is 10.0. The van der Waals surface area contributed by atoms with Gasteiger partial charge in [0, 0.05) is 13.0 Å². The molecule has 0 amide bonds. The first-order chi connectivity index (χ1) is 9.17. The lowest BCUT2D eigenvalue weighted by molar-refractivity contribution is 0.0773. The molecule has 1 aromatic carbocycles. The Morgan fingerprint density at radius 2 is 2.21 bits per heavy atom. The molecule has 1 aliphatic rings. The SMILES string of the molecule is COc1ccc(C(=O)CC2CCCO2)c(OC)c1Cl. The summed E-state index contributed by atoms with van der Waals surface area (Å²) in [6.45, 7) is 0.735. The molecular formula is C14H17ClO4. The highest BCUT2D eigenvalue weighted by Crippen LogP contribution is 2.37. The summed E-state index contributed by atoms with van der Waals surface area (Å²) < 4.78 is 15.8. The number of hydrogen-bond acceptors (Lipinski definition) is 4. The van der Waals surface area contributed by atoms with Gasteiger partial charge in [0.25, 0.3) is 0 Å². The number of ether oxygens (including phenoxy) is 3.